The molecule has 1 aromatic heterocycles. The summed E-state index contributed by atoms with van der Waals surface area (Å²) in [6.07, 6.45) is 0. The first-order valence-electron chi connectivity index (χ1n) is 7.57. The van der Waals surface area contributed by atoms with Gasteiger partial charge in [0.25, 0.3) is 5.91 Å². The predicted octanol–water partition coefficient (Wildman–Crippen LogP) is 4.38. The molecular formula is C18H23NO3S. The van der Waals surface area contributed by atoms with Crippen LogP contribution in [0.1, 0.15) is 53.5 Å². The van der Waals surface area contributed by atoms with Crippen molar-refractivity contribution < 1.29 is 14.3 Å². The molecule has 5 heteroatoms. The normalized spacial score (nSPS) is 12.1. The minimum Gasteiger partial charge on any atom is -0.493 e. The van der Waals surface area contributed by atoms with Crippen LogP contribution in [0.25, 0.3) is 0 Å². The summed E-state index contributed by atoms with van der Waals surface area (Å²) in [5.74, 6) is 1.71. The highest BCUT2D eigenvalue weighted by Crippen LogP contribution is 2.30. The Balaban J connectivity index is 2.11. The Bertz CT molecular complexity index is 679. The van der Waals surface area contributed by atoms with E-state index in [0.29, 0.717) is 23.0 Å². The zero-order valence-corrected chi connectivity index (χ0v) is 15.0. The van der Waals surface area contributed by atoms with Crippen molar-refractivity contribution in [3.05, 3.63) is 45.6 Å². The second-order valence-corrected chi connectivity index (χ2v) is 6.64. The molecule has 0 spiro atoms. The van der Waals surface area contributed by atoms with Gasteiger partial charge in [0.05, 0.1) is 25.8 Å². The molecule has 0 aliphatic rings. The van der Waals surface area contributed by atoms with E-state index in [2.05, 4.69) is 19.2 Å². The molecule has 2 rings (SSSR count). The van der Waals surface area contributed by atoms with E-state index < -0.39 is 0 Å². The highest BCUT2D eigenvalue weighted by atomic mass is 32.1. The van der Waals surface area contributed by atoms with E-state index in [1.807, 2.05) is 36.6 Å². The van der Waals surface area contributed by atoms with E-state index in [9.17, 15) is 4.79 Å². The standard InChI is InChI=1S/C18H23NO3S/c1-11(2)17-9-14(10-23-17)18(20)19-12(3)13-6-7-15(21-4)16(8-13)22-5/h6-12H,1-5H3,(H,19,20). The zero-order valence-electron chi connectivity index (χ0n) is 14.2. The van der Waals surface area contributed by atoms with Gasteiger partial charge in [-0.25, -0.2) is 0 Å². The second kappa shape index (κ2) is 7.51. The summed E-state index contributed by atoms with van der Waals surface area (Å²) in [4.78, 5) is 13.6. The Morgan fingerprint density at radius 1 is 1.09 bits per heavy atom. The third-order valence-corrected chi connectivity index (χ3v) is 4.94. The minimum atomic E-state index is -0.121. The number of ether oxygens (including phenoxy) is 2. The number of thiophene rings is 1. The van der Waals surface area contributed by atoms with Crippen LogP contribution in [-0.2, 0) is 0 Å². The highest BCUT2D eigenvalue weighted by Gasteiger charge is 2.15. The molecule has 0 aliphatic heterocycles. The SMILES string of the molecule is COc1ccc(C(C)NC(=O)c2csc(C(C)C)c2)cc1OC. The van der Waals surface area contributed by atoms with Crippen LogP contribution < -0.4 is 14.8 Å². The maximum atomic E-state index is 12.4. The lowest BCUT2D eigenvalue weighted by Gasteiger charge is -2.16. The Morgan fingerprint density at radius 2 is 1.78 bits per heavy atom. The number of rotatable bonds is 6. The van der Waals surface area contributed by atoms with Gasteiger partial charge in [0, 0.05) is 10.3 Å². The maximum Gasteiger partial charge on any atom is 0.252 e. The lowest BCUT2D eigenvalue weighted by molar-refractivity contribution is 0.0940. The van der Waals surface area contributed by atoms with E-state index in [-0.39, 0.29) is 11.9 Å². The average Bonchev–Trinajstić information content (AvgIpc) is 3.04. The first-order chi connectivity index (χ1) is 11.0. The molecule has 1 unspecified atom stereocenters. The molecule has 0 saturated carbocycles. The lowest BCUT2D eigenvalue weighted by Crippen LogP contribution is -2.26. The average molecular weight is 333 g/mol. The number of hydrogen-bond donors (Lipinski definition) is 1. The molecule has 0 saturated heterocycles. The predicted molar refractivity (Wildman–Crippen MR) is 93.8 cm³/mol. The summed E-state index contributed by atoms with van der Waals surface area (Å²) in [6, 6.07) is 7.51. The van der Waals surface area contributed by atoms with Crippen LogP contribution in [0.3, 0.4) is 0 Å². The summed E-state index contributed by atoms with van der Waals surface area (Å²) in [5, 5.41) is 4.93. The smallest absolute Gasteiger partial charge is 0.252 e. The molecule has 124 valence electrons. The number of nitrogens with one attached hydrogen (secondary N) is 1. The molecule has 0 aliphatic carbocycles. The summed E-state index contributed by atoms with van der Waals surface area (Å²) in [5.41, 5.74) is 1.68. The Labute approximate surface area is 141 Å². The molecule has 1 aromatic carbocycles. The van der Waals surface area contributed by atoms with Crippen molar-refractivity contribution in [2.75, 3.05) is 14.2 Å². The van der Waals surface area contributed by atoms with E-state index in [1.54, 1.807) is 25.6 Å². The van der Waals surface area contributed by atoms with Gasteiger partial charge in [-0.3, -0.25) is 4.79 Å². The van der Waals surface area contributed by atoms with Crippen molar-refractivity contribution in [3.63, 3.8) is 0 Å². The van der Waals surface area contributed by atoms with E-state index in [4.69, 9.17) is 9.47 Å². The van der Waals surface area contributed by atoms with Gasteiger partial charge in [0.2, 0.25) is 0 Å². The molecule has 4 nitrogen and oxygen atoms in total. The van der Waals surface area contributed by atoms with Gasteiger partial charge in [-0.2, -0.15) is 0 Å². The van der Waals surface area contributed by atoms with Crippen molar-refractivity contribution in [3.8, 4) is 11.5 Å². The number of hydrogen-bond acceptors (Lipinski definition) is 4. The molecule has 1 amide bonds. The van der Waals surface area contributed by atoms with Crippen molar-refractivity contribution in [1.29, 1.82) is 0 Å². The molecule has 1 heterocycles. The van der Waals surface area contributed by atoms with Gasteiger partial charge in [-0.05, 0) is 36.6 Å². The molecule has 0 radical (unpaired) electrons. The Kier molecular flexibility index (Phi) is 5.66. The van der Waals surface area contributed by atoms with E-state index >= 15 is 0 Å². The number of amides is 1. The number of carbonyl (C=O) groups is 1. The summed E-state index contributed by atoms with van der Waals surface area (Å²) in [7, 11) is 3.20. The number of methoxy groups -OCH3 is 2. The van der Waals surface area contributed by atoms with Crippen molar-refractivity contribution in [2.45, 2.75) is 32.7 Å². The molecule has 2 aromatic rings. The monoisotopic (exact) mass is 333 g/mol. The molecule has 0 bridgehead atoms. The molecule has 1 atom stereocenters. The fraction of sp³-hybridized carbons (Fsp3) is 0.389. The number of benzene rings is 1. The topological polar surface area (TPSA) is 47.6 Å². The van der Waals surface area contributed by atoms with Crippen LogP contribution >= 0.6 is 11.3 Å². The molecular weight excluding hydrogens is 310 g/mol. The van der Waals surface area contributed by atoms with Gasteiger partial charge in [-0.1, -0.05) is 19.9 Å². The van der Waals surface area contributed by atoms with Crippen LogP contribution in [0.2, 0.25) is 0 Å². The van der Waals surface area contributed by atoms with E-state index in [1.165, 1.54) is 4.88 Å². The number of carbonyl (C=O) groups excluding carboxylic acids is 1. The molecule has 1 N–H and O–H groups in total. The first kappa shape index (κ1) is 17.3. The van der Waals surface area contributed by atoms with Gasteiger partial charge >= 0.3 is 0 Å². The van der Waals surface area contributed by atoms with Gasteiger partial charge in [-0.15, -0.1) is 11.3 Å². The summed E-state index contributed by atoms with van der Waals surface area (Å²) >= 11 is 1.62. The van der Waals surface area contributed by atoms with Gasteiger partial charge in [0.1, 0.15) is 0 Å². The van der Waals surface area contributed by atoms with Crippen molar-refractivity contribution in [1.82, 2.24) is 5.32 Å². The maximum absolute atomic E-state index is 12.4. The third kappa shape index (κ3) is 4.05. The quantitative estimate of drug-likeness (QED) is 0.853. The Hall–Kier alpha value is -2.01. The zero-order chi connectivity index (χ0) is 17.0. The highest BCUT2D eigenvalue weighted by molar-refractivity contribution is 7.10. The van der Waals surface area contributed by atoms with Gasteiger partial charge in [0.15, 0.2) is 11.5 Å². The van der Waals surface area contributed by atoms with E-state index in [0.717, 1.165) is 5.56 Å². The first-order valence-corrected chi connectivity index (χ1v) is 8.45. The third-order valence-electron chi connectivity index (χ3n) is 3.71. The largest absolute Gasteiger partial charge is 0.493 e. The van der Waals surface area contributed by atoms with Crippen LogP contribution in [0.15, 0.2) is 29.6 Å². The van der Waals surface area contributed by atoms with Crippen LogP contribution in [0.4, 0.5) is 0 Å². The van der Waals surface area contributed by atoms with Gasteiger partial charge < -0.3 is 14.8 Å². The van der Waals surface area contributed by atoms with Crippen LogP contribution in [-0.4, -0.2) is 20.1 Å². The molecule has 23 heavy (non-hydrogen) atoms. The molecule has 0 fully saturated rings. The summed E-state index contributed by atoms with van der Waals surface area (Å²) in [6.45, 7) is 6.20. The lowest BCUT2D eigenvalue weighted by atomic mass is 10.1. The second-order valence-electron chi connectivity index (χ2n) is 5.70. The van der Waals surface area contributed by atoms with Crippen LogP contribution in [0, 0.1) is 0 Å². The fourth-order valence-corrected chi connectivity index (χ4v) is 3.17. The Morgan fingerprint density at radius 3 is 2.35 bits per heavy atom. The van der Waals surface area contributed by atoms with Crippen molar-refractivity contribution in [2.24, 2.45) is 0 Å². The van der Waals surface area contributed by atoms with Crippen molar-refractivity contribution >= 4 is 17.2 Å². The summed E-state index contributed by atoms with van der Waals surface area (Å²) < 4.78 is 10.5. The van der Waals surface area contributed by atoms with Crippen LogP contribution in [0.5, 0.6) is 11.5 Å². The fourth-order valence-electron chi connectivity index (χ4n) is 2.26. The minimum absolute atomic E-state index is 0.0598.